The summed E-state index contributed by atoms with van der Waals surface area (Å²) in [6.45, 7) is 17.1. The molecule has 1 amide bonds. The van der Waals surface area contributed by atoms with Crippen molar-refractivity contribution in [2.75, 3.05) is 32.7 Å². The van der Waals surface area contributed by atoms with E-state index in [0.29, 0.717) is 5.92 Å². The lowest BCUT2D eigenvalue weighted by atomic mass is 10.1. The van der Waals surface area contributed by atoms with Gasteiger partial charge in [-0.15, -0.1) is 0 Å². The van der Waals surface area contributed by atoms with Crippen LogP contribution in [-0.2, 0) is 0 Å². The second-order valence-electron chi connectivity index (χ2n) is 7.56. The highest BCUT2D eigenvalue weighted by atomic mass is 16.2. The molecule has 0 aliphatic carbocycles. The first-order chi connectivity index (χ1) is 12.8. The van der Waals surface area contributed by atoms with Crippen molar-refractivity contribution in [3.63, 3.8) is 0 Å². The zero-order chi connectivity index (χ0) is 20.0. The van der Waals surface area contributed by atoms with Gasteiger partial charge in [0, 0.05) is 30.9 Å². The lowest BCUT2D eigenvalue weighted by molar-refractivity contribution is 0.0716. The minimum absolute atomic E-state index is 0.107. The smallest absolute Gasteiger partial charge is 0.253 e. The van der Waals surface area contributed by atoms with E-state index >= 15 is 0 Å². The molecule has 0 bridgehead atoms. The topological polar surface area (TPSA) is 41.4 Å². The second kappa shape index (κ2) is 9.70. The van der Waals surface area contributed by atoms with Crippen molar-refractivity contribution < 1.29 is 4.79 Å². The summed E-state index contributed by atoms with van der Waals surface area (Å²) >= 11 is 0. The van der Waals surface area contributed by atoms with Crippen LogP contribution in [-0.4, -0.2) is 58.2 Å². The third-order valence-corrected chi connectivity index (χ3v) is 4.82. The molecule has 5 heteroatoms. The quantitative estimate of drug-likeness (QED) is 0.672. The van der Waals surface area contributed by atoms with Crippen LogP contribution in [0.4, 0.5) is 0 Å². The van der Waals surface area contributed by atoms with Gasteiger partial charge in [-0.3, -0.25) is 4.79 Å². The van der Waals surface area contributed by atoms with Crippen molar-refractivity contribution in [2.24, 2.45) is 5.92 Å². The van der Waals surface area contributed by atoms with Gasteiger partial charge in [0.15, 0.2) is 0 Å². The number of aryl methyl sites for hydroxylation is 2. The van der Waals surface area contributed by atoms with Gasteiger partial charge in [-0.05, 0) is 63.2 Å². The maximum Gasteiger partial charge on any atom is 0.253 e. The van der Waals surface area contributed by atoms with Crippen LogP contribution in [0, 0.1) is 19.8 Å². The van der Waals surface area contributed by atoms with Gasteiger partial charge in [0.2, 0.25) is 0 Å². The first-order valence-corrected chi connectivity index (χ1v) is 10.0. The van der Waals surface area contributed by atoms with Gasteiger partial charge in [0.1, 0.15) is 0 Å². The lowest BCUT2D eigenvalue weighted by Crippen LogP contribution is -2.40. The predicted molar refractivity (Wildman–Crippen MR) is 112 cm³/mol. The molecule has 0 fully saturated rings. The van der Waals surface area contributed by atoms with E-state index in [2.05, 4.69) is 43.8 Å². The molecule has 0 spiro atoms. The minimum atomic E-state index is 0.107. The molecule has 148 valence electrons. The summed E-state index contributed by atoms with van der Waals surface area (Å²) in [5, 5.41) is 4.51. The Bertz CT molecular complexity index is 729. The van der Waals surface area contributed by atoms with E-state index in [1.807, 2.05) is 47.7 Å². The Balaban J connectivity index is 2.15. The van der Waals surface area contributed by atoms with Crippen LogP contribution in [0.5, 0.6) is 0 Å². The minimum Gasteiger partial charge on any atom is -0.337 e. The molecule has 5 nitrogen and oxygen atoms in total. The predicted octanol–water partition coefficient (Wildman–Crippen LogP) is 3.93. The van der Waals surface area contributed by atoms with E-state index in [9.17, 15) is 4.79 Å². The summed E-state index contributed by atoms with van der Waals surface area (Å²) in [6.07, 6.45) is 0. The summed E-state index contributed by atoms with van der Waals surface area (Å²) < 4.78 is 1.91. The molecule has 0 aliphatic heterocycles. The molecule has 0 saturated heterocycles. The largest absolute Gasteiger partial charge is 0.337 e. The third-order valence-electron chi connectivity index (χ3n) is 4.82. The van der Waals surface area contributed by atoms with E-state index in [1.54, 1.807) is 0 Å². The lowest BCUT2D eigenvalue weighted by Gasteiger charge is -2.28. The number of nitrogens with zero attached hydrogens (tertiary/aromatic N) is 4. The fourth-order valence-corrected chi connectivity index (χ4v) is 3.34. The Morgan fingerprint density at radius 2 is 1.70 bits per heavy atom. The molecule has 27 heavy (non-hydrogen) atoms. The van der Waals surface area contributed by atoms with Crippen molar-refractivity contribution in [3.05, 3.63) is 47.3 Å². The van der Waals surface area contributed by atoms with Gasteiger partial charge < -0.3 is 9.80 Å². The average Bonchev–Trinajstić information content (AvgIpc) is 2.99. The Kier molecular flexibility index (Phi) is 7.60. The molecular formula is C22H34N4O. The highest BCUT2D eigenvalue weighted by Crippen LogP contribution is 2.15. The number of carbonyl (C=O) groups is 1. The molecule has 0 aliphatic rings. The fourth-order valence-electron chi connectivity index (χ4n) is 3.34. The Morgan fingerprint density at radius 1 is 1.07 bits per heavy atom. The summed E-state index contributed by atoms with van der Waals surface area (Å²) in [6, 6.07) is 9.84. The number of aromatic nitrogens is 2. The number of rotatable bonds is 9. The average molecular weight is 371 g/mol. The normalized spacial score (nSPS) is 11.4. The number of hydrogen-bond acceptors (Lipinski definition) is 3. The fraction of sp³-hybridized carbons (Fsp3) is 0.545. The van der Waals surface area contributed by atoms with Gasteiger partial charge in [0.05, 0.1) is 11.4 Å². The Hall–Kier alpha value is -2.14. The van der Waals surface area contributed by atoms with Crippen LogP contribution in [0.25, 0.3) is 5.69 Å². The number of likely N-dealkylation sites (N-methyl/N-ethyl adjacent to an activating group) is 1. The molecule has 1 heterocycles. The van der Waals surface area contributed by atoms with E-state index in [4.69, 9.17) is 0 Å². The number of benzene rings is 1. The standard InChI is InChI=1S/C22H34N4O/c1-7-24(8-2)13-14-25(16-17(3)4)22(27)20-9-11-21(12-10-20)26-19(6)15-18(5)23-26/h9-12,15,17H,7-8,13-14,16H2,1-6H3. The number of amides is 1. The molecule has 0 N–H and O–H groups in total. The summed E-state index contributed by atoms with van der Waals surface area (Å²) in [5.41, 5.74) is 3.80. The van der Waals surface area contributed by atoms with Gasteiger partial charge >= 0.3 is 0 Å². The van der Waals surface area contributed by atoms with Crippen LogP contribution >= 0.6 is 0 Å². The third kappa shape index (κ3) is 5.67. The highest BCUT2D eigenvalue weighted by Gasteiger charge is 2.18. The molecule has 1 aromatic carbocycles. The van der Waals surface area contributed by atoms with Crippen LogP contribution in [0.15, 0.2) is 30.3 Å². The van der Waals surface area contributed by atoms with Crippen LogP contribution in [0.3, 0.4) is 0 Å². The Labute approximate surface area is 164 Å². The van der Waals surface area contributed by atoms with Gasteiger partial charge in [-0.25, -0.2) is 4.68 Å². The van der Waals surface area contributed by atoms with Gasteiger partial charge in [0.25, 0.3) is 5.91 Å². The van der Waals surface area contributed by atoms with Crippen molar-refractivity contribution in [3.8, 4) is 5.69 Å². The molecular weight excluding hydrogens is 336 g/mol. The first kappa shape index (κ1) is 21.2. The first-order valence-electron chi connectivity index (χ1n) is 10.0. The Morgan fingerprint density at radius 3 is 2.19 bits per heavy atom. The summed E-state index contributed by atoms with van der Waals surface area (Å²) in [7, 11) is 0. The zero-order valence-electron chi connectivity index (χ0n) is 17.7. The molecule has 2 aromatic rings. The number of hydrogen-bond donors (Lipinski definition) is 0. The van der Waals surface area contributed by atoms with E-state index in [0.717, 1.165) is 55.4 Å². The van der Waals surface area contributed by atoms with Gasteiger partial charge in [-0.2, -0.15) is 5.10 Å². The monoisotopic (exact) mass is 370 g/mol. The highest BCUT2D eigenvalue weighted by molar-refractivity contribution is 5.94. The molecule has 0 atom stereocenters. The van der Waals surface area contributed by atoms with Crippen LogP contribution in [0.2, 0.25) is 0 Å². The van der Waals surface area contributed by atoms with E-state index in [-0.39, 0.29) is 5.91 Å². The molecule has 2 rings (SSSR count). The molecule has 0 saturated carbocycles. The van der Waals surface area contributed by atoms with Crippen LogP contribution in [0.1, 0.15) is 49.4 Å². The SMILES string of the molecule is CCN(CC)CCN(CC(C)C)C(=O)c1ccc(-n2nc(C)cc2C)cc1. The second-order valence-corrected chi connectivity index (χ2v) is 7.56. The molecule has 0 radical (unpaired) electrons. The number of carbonyl (C=O) groups excluding carboxylic acids is 1. The van der Waals surface area contributed by atoms with Crippen molar-refractivity contribution in [1.29, 1.82) is 0 Å². The molecule has 0 unspecified atom stereocenters. The van der Waals surface area contributed by atoms with Crippen molar-refractivity contribution in [2.45, 2.75) is 41.5 Å². The van der Waals surface area contributed by atoms with Crippen LogP contribution < -0.4 is 0 Å². The maximum atomic E-state index is 13.1. The van der Waals surface area contributed by atoms with E-state index < -0.39 is 0 Å². The van der Waals surface area contributed by atoms with Crippen molar-refractivity contribution in [1.82, 2.24) is 19.6 Å². The zero-order valence-corrected chi connectivity index (χ0v) is 17.7. The summed E-state index contributed by atoms with van der Waals surface area (Å²) in [4.78, 5) is 17.4. The maximum absolute atomic E-state index is 13.1. The van der Waals surface area contributed by atoms with Crippen molar-refractivity contribution >= 4 is 5.91 Å². The van der Waals surface area contributed by atoms with Gasteiger partial charge in [-0.1, -0.05) is 27.7 Å². The van der Waals surface area contributed by atoms with E-state index in [1.165, 1.54) is 0 Å². The summed E-state index contributed by atoms with van der Waals surface area (Å²) in [5.74, 6) is 0.551. The molecule has 1 aromatic heterocycles.